The van der Waals surface area contributed by atoms with E-state index in [-0.39, 0.29) is 23.1 Å². The summed E-state index contributed by atoms with van der Waals surface area (Å²) in [6.45, 7) is 13.8. The Morgan fingerprint density at radius 2 is 1.62 bits per heavy atom. The zero-order chi connectivity index (χ0) is 24.2. The number of likely N-dealkylation sites (N-methyl/N-ethyl adjacent to an activating group) is 1. The summed E-state index contributed by atoms with van der Waals surface area (Å²) < 4.78 is 1.01. The second kappa shape index (κ2) is 10.5. The molecule has 2 nitrogen and oxygen atoms in total. The van der Waals surface area contributed by atoms with Crippen LogP contribution in [0.15, 0.2) is 11.1 Å². The van der Waals surface area contributed by atoms with Gasteiger partial charge in [-0.15, -0.1) is 0 Å². The number of nitrogens with zero attached hydrogens (tertiary/aromatic N) is 1. The molecule has 4 aliphatic carbocycles. The minimum atomic E-state index is -0.108. The smallest absolute Gasteiger partial charge is 0.1000 e. The minimum absolute atomic E-state index is 0. The number of fused-ring (bicyclic) bond motifs is 5. The molecular weight excluding hydrogens is 482 g/mol. The van der Waals surface area contributed by atoms with Crippen LogP contribution in [0.3, 0.4) is 0 Å². The Labute approximate surface area is 222 Å². The standard InChI is InChI=1S/C31H56NO.BrH/c1-21(2)10-9-11-22(3)26-12-13-27-25-18-23(20-32(6,7)8)29-19-24(33)14-16-31(29,5)28(25)15-17-30(26,27)4;/h21-22,24-28,33H,9-20H2,1-8H3;1H/q+1;/p-1/t22-,24+,25+,26-,27+,28+,30-,31-;/m1./s1. The number of aliphatic hydroxyl groups excluding tert-OH is 1. The number of hydrogen-bond acceptors (Lipinski definition) is 1. The zero-order valence-corrected chi connectivity index (χ0v) is 25.4. The fourth-order valence-electron chi connectivity index (χ4n) is 9.67. The van der Waals surface area contributed by atoms with Gasteiger partial charge >= 0.3 is 0 Å². The van der Waals surface area contributed by atoms with E-state index in [2.05, 4.69) is 55.8 Å². The van der Waals surface area contributed by atoms with Crippen molar-refractivity contribution in [1.29, 1.82) is 0 Å². The van der Waals surface area contributed by atoms with E-state index in [0.29, 0.717) is 10.8 Å². The van der Waals surface area contributed by atoms with E-state index >= 15 is 0 Å². The van der Waals surface area contributed by atoms with E-state index in [0.717, 1.165) is 52.8 Å². The molecule has 0 amide bonds. The van der Waals surface area contributed by atoms with Gasteiger partial charge in [-0.05, 0) is 103 Å². The number of rotatable bonds is 7. The normalized spacial score (nSPS) is 40.9. The van der Waals surface area contributed by atoms with Crippen molar-refractivity contribution in [2.24, 2.45) is 46.3 Å². The maximum atomic E-state index is 10.6. The van der Waals surface area contributed by atoms with Crippen molar-refractivity contribution in [2.75, 3.05) is 27.7 Å². The van der Waals surface area contributed by atoms with Gasteiger partial charge in [0.05, 0.1) is 33.8 Å². The zero-order valence-electron chi connectivity index (χ0n) is 23.8. The number of hydrogen-bond donors (Lipinski definition) is 1. The first-order valence-corrected chi connectivity index (χ1v) is 14.5. The first-order chi connectivity index (χ1) is 15.3. The molecule has 0 bridgehead atoms. The predicted molar refractivity (Wildman–Crippen MR) is 141 cm³/mol. The summed E-state index contributed by atoms with van der Waals surface area (Å²) in [5, 5.41) is 10.6. The molecule has 3 saturated carbocycles. The molecule has 34 heavy (non-hydrogen) atoms. The maximum absolute atomic E-state index is 10.6. The van der Waals surface area contributed by atoms with Crippen molar-refractivity contribution in [3.8, 4) is 0 Å². The predicted octanol–water partition coefficient (Wildman–Crippen LogP) is 4.47. The quantitative estimate of drug-likeness (QED) is 0.375. The Morgan fingerprint density at radius 3 is 2.26 bits per heavy atom. The SMILES string of the molecule is CC(C)CCC[C@@H](C)[C@H]1CC[C@H]2[C@@H]3CC(C[N+](C)(C)C)=C4C[C@@H](O)CC[C@]4(C)[C@H]3CC[C@]12C.[Br-]. The number of quaternary nitrogens is 1. The van der Waals surface area contributed by atoms with Gasteiger partial charge in [0.25, 0.3) is 0 Å². The monoisotopic (exact) mass is 537 g/mol. The molecular formula is C31H56BrNO. The van der Waals surface area contributed by atoms with E-state index in [1.165, 1.54) is 64.3 Å². The van der Waals surface area contributed by atoms with Gasteiger partial charge < -0.3 is 26.6 Å². The third-order valence-electron chi connectivity index (χ3n) is 11.2. The molecule has 0 radical (unpaired) electrons. The van der Waals surface area contributed by atoms with Crippen LogP contribution in [0.2, 0.25) is 0 Å². The van der Waals surface area contributed by atoms with Crippen LogP contribution in [0.5, 0.6) is 0 Å². The highest BCUT2D eigenvalue weighted by molar-refractivity contribution is 5.32. The lowest BCUT2D eigenvalue weighted by atomic mass is 9.46. The lowest BCUT2D eigenvalue weighted by Crippen LogP contribution is -3.00. The second-order valence-electron chi connectivity index (χ2n) is 15.0. The van der Waals surface area contributed by atoms with Gasteiger partial charge in [-0.3, -0.25) is 0 Å². The Hall–Kier alpha value is 0.140. The Balaban J connectivity index is 0.00000324. The van der Waals surface area contributed by atoms with Gasteiger partial charge in [-0.1, -0.05) is 59.5 Å². The molecule has 0 aromatic heterocycles. The van der Waals surface area contributed by atoms with E-state index in [4.69, 9.17) is 0 Å². The molecule has 0 aromatic rings. The van der Waals surface area contributed by atoms with E-state index < -0.39 is 0 Å². The first kappa shape index (κ1) is 28.7. The van der Waals surface area contributed by atoms with Crippen LogP contribution >= 0.6 is 0 Å². The lowest BCUT2D eigenvalue weighted by molar-refractivity contribution is -0.865. The molecule has 3 heteroatoms. The summed E-state index contributed by atoms with van der Waals surface area (Å²) in [6.07, 6.45) is 14.5. The van der Waals surface area contributed by atoms with Crippen LogP contribution in [0.25, 0.3) is 0 Å². The van der Waals surface area contributed by atoms with Crippen molar-refractivity contribution in [2.45, 2.75) is 111 Å². The largest absolute Gasteiger partial charge is 1.00 e. The Bertz CT molecular complexity index is 738. The molecule has 0 saturated heterocycles. The van der Waals surface area contributed by atoms with Crippen LogP contribution in [-0.2, 0) is 0 Å². The fraction of sp³-hybridized carbons (Fsp3) is 0.935. The van der Waals surface area contributed by atoms with E-state index in [1.807, 2.05) is 0 Å². The lowest BCUT2D eigenvalue weighted by Gasteiger charge is -2.59. The molecule has 4 rings (SSSR count). The average Bonchev–Trinajstić information content (AvgIpc) is 3.05. The number of aliphatic hydroxyl groups is 1. The third-order valence-corrected chi connectivity index (χ3v) is 11.2. The van der Waals surface area contributed by atoms with Crippen molar-refractivity contribution in [3.63, 3.8) is 0 Å². The highest BCUT2D eigenvalue weighted by Crippen LogP contribution is 2.68. The minimum Gasteiger partial charge on any atom is -1.00 e. The molecule has 1 N–H and O–H groups in total. The van der Waals surface area contributed by atoms with Crippen molar-refractivity contribution >= 4 is 0 Å². The molecule has 198 valence electrons. The highest BCUT2D eigenvalue weighted by Gasteiger charge is 2.60. The van der Waals surface area contributed by atoms with Gasteiger partial charge in [-0.2, -0.15) is 0 Å². The molecule has 0 unspecified atom stereocenters. The highest BCUT2D eigenvalue weighted by atomic mass is 79.9. The molecule has 0 aliphatic heterocycles. The van der Waals surface area contributed by atoms with Gasteiger partial charge in [0.2, 0.25) is 0 Å². The maximum Gasteiger partial charge on any atom is 0.1000 e. The van der Waals surface area contributed by atoms with Gasteiger partial charge in [0.15, 0.2) is 0 Å². The van der Waals surface area contributed by atoms with E-state index in [1.54, 1.807) is 11.1 Å². The van der Waals surface area contributed by atoms with Gasteiger partial charge in [-0.25, -0.2) is 0 Å². The summed E-state index contributed by atoms with van der Waals surface area (Å²) in [7, 11) is 7.06. The first-order valence-electron chi connectivity index (χ1n) is 14.5. The second-order valence-corrected chi connectivity index (χ2v) is 15.0. The van der Waals surface area contributed by atoms with Crippen LogP contribution < -0.4 is 17.0 Å². The summed E-state index contributed by atoms with van der Waals surface area (Å²) in [6, 6.07) is 0. The molecule has 0 heterocycles. The van der Waals surface area contributed by atoms with Crippen molar-refractivity contribution < 1.29 is 26.6 Å². The summed E-state index contributed by atoms with van der Waals surface area (Å²) in [5.41, 5.74) is 4.33. The van der Waals surface area contributed by atoms with Crippen molar-refractivity contribution in [1.82, 2.24) is 0 Å². The number of halogens is 1. The molecule has 0 aromatic carbocycles. The average molecular weight is 539 g/mol. The molecule has 8 atom stereocenters. The summed E-state index contributed by atoms with van der Waals surface area (Å²) in [4.78, 5) is 0. The Kier molecular flexibility index (Phi) is 8.85. The van der Waals surface area contributed by atoms with E-state index in [9.17, 15) is 5.11 Å². The summed E-state index contributed by atoms with van der Waals surface area (Å²) >= 11 is 0. The topological polar surface area (TPSA) is 20.2 Å². The third kappa shape index (κ3) is 5.38. The van der Waals surface area contributed by atoms with Crippen LogP contribution in [0.1, 0.15) is 105 Å². The molecule has 0 spiro atoms. The van der Waals surface area contributed by atoms with Gasteiger partial charge in [0, 0.05) is 0 Å². The van der Waals surface area contributed by atoms with Crippen LogP contribution in [-0.4, -0.2) is 43.4 Å². The summed E-state index contributed by atoms with van der Waals surface area (Å²) in [5.74, 6) is 5.31. The Morgan fingerprint density at radius 1 is 0.912 bits per heavy atom. The van der Waals surface area contributed by atoms with Gasteiger partial charge in [0.1, 0.15) is 0 Å². The van der Waals surface area contributed by atoms with Crippen molar-refractivity contribution in [3.05, 3.63) is 11.1 Å². The fourth-order valence-corrected chi connectivity index (χ4v) is 9.67. The molecule has 3 fully saturated rings. The molecule has 4 aliphatic rings. The van der Waals surface area contributed by atoms with Crippen LogP contribution in [0, 0.1) is 46.3 Å². The van der Waals surface area contributed by atoms with Crippen LogP contribution in [0.4, 0.5) is 0 Å².